The third kappa shape index (κ3) is 2.49. The van der Waals surface area contributed by atoms with Gasteiger partial charge in [-0.1, -0.05) is 12.1 Å². The summed E-state index contributed by atoms with van der Waals surface area (Å²) in [6.45, 7) is 0. The molecule has 0 bridgehead atoms. The lowest BCUT2D eigenvalue weighted by molar-refractivity contribution is -0.138. The van der Waals surface area contributed by atoms with Gasteiger partial charge in [-0.15, -0.1) is 0 Å². The number of aromatic hydroxyl groups is 1. The summed E-state index contributed by atoms with van der Waals surface area (Å²) >= 11 is 0. The van der Waals surface area contributed by atoms with Gasteiger partial charge >= 0.3 is 5.97 Å². The first-order chi connectivity index (χ1) is 7.10. The van der Waals surface area contributed by atoms with Gasteiger partial charge in [0.25, 0.3) is 0 Å². The molecule has 0 unspecified atom stereocenters. The summed E-state index contributed by atoms with van der Waals surface area (Å²) in [5.74, 6) is -0.465. The number of hydrogen-bond donors (Lipinski definition) is 2. The van der Waals surface area contributed by atoms with Crippen LogP contribution >= 0.6 is 0 Å². The largest absolute Gasteiger partial charge is 0.508 e. The first-order valence-corrected chi connectivity index (χ1v) is 5.09. The van der Waals surface area contributed by atoms with E-state index >= 15 is 0 Å². The molecule has 1 saturated carbocycles. The zero-order chi connectivity index (χ0) is 10.9. The molecular formula is C12H14O3. The average molecular weight is 206 g/mol. The second-order valence-corrected chi connectivity index (χ2v) is 4.41. The van der Waals surface area contributed by atoms with Crippen molar-refractivity contribution in [3.05, 3.63) is 29.8 Å². The van der Waals surface area contributed by atoms with Gasteiger partial charge in [0, 0.05) is 0 Å². The lowest BCUT2D eigenvalue weighted by Gasteiger charge is -2.12. The van der Waals surface area contributed by atoms with Crippen molar-refractivity contribution in [2.75, 3.05) is 0 Å². The zero-order valence-electron chi connectivity index (χ0n) is 8.44. The van der Waals surface area contributed by atoms with E-state index in [0.717, 1.165) is 24.8 Å². The van der Waals surface area contributed by atoms with Crippen molar-refractivity contribution in [2.24, 2.45) is 5.41 Å². The predicted octanol–water partition coefficient (Wildman–Crippen LogP) is 2.19. The molecule has 2 N–H and O–H groups in total. The molecule has 0 aromatic heterocycles. The summed E-state index contributed by atoms with van der Waals surface area (Å²) in [6.07, 6.45) is 3.06. The van der Waals surface area contributed by atoms with Crippen molar-refractivity contribution in [1.82, 2.24) is 0 Å². The Hall–Kier alpha value is -1.51. The molecule has 2 rings (SSSR count). The van der Waals surface area contributed by atoms with Crippen LogP contribution in [0.1, 0.15) is 24.8 Å². The SMILES string of the molecule is O=C(O)CC1(Cc2ccc(O)cc2)CC1. The Morgan fingerprint density at radius 1 is 1.27 bits per heavy atom. The Bertz CT molecular complexity index is 363. The lowest BCUT2D eigenvalue weighted by Crippen LogP contribution is -2.11. The van der Waals surface area contributed by atoms with Crippen LogP contribution in [0, 0.1) is 5.41 Å². The molecule has 1 fully saturated rings. The molecule has 0 atom stereocenters. The number of carbonyl (C=O) groups is 1. The molecule has 0 heterocycles. The molecule has 15 heavy (non-hydrogen) atoms. The van der Waals surface area contributed by atoms with Crippen LogP contribution in [0.5, 0.6) is 5.75 Å². The second kappa shape index (κ2) is 3.57. The Morgan fingerprint density at radius 3 is 2.33 bits per heavy atom. The normalized spacial score (nSPS) is 17.3. The fourth-order valence-electron chi connectivity index (χ4n) is 1.96. The molecule has 1 aromatic carbocycles. The van der Waals surface area contributed by atoms with Gasteiger partial charge in [-0.25, -0.2) is 0 Å². The van der Waals surface area contributed by atoms with Crippen molar-refractivity contribution in [2.45, 2.75) is 25.7 Å². The molecule has 0 spiro atoms. The molecule has 3 heteroatoms. The van der Waals surface area contributed by atoms with Gasteiger partial charge in [0.1, 0.15) is 5.75 Å². The van der Waals surface area contributed by atoms with Gasteiger partial charge in [0.2, 0.25) is 0 Å². The van der Waals surface area contributed by atoms with E-state index in [1.807, 2.05) is 12.1 Å². The van der Waals surface area contributed by atoms with Gasteiger partial charge in [-0.05, 0) is 42.4 Å². The molecule has 1 aromatic rings. The molecule has 1 aliphatic carbocycles. The molecule has 80 valence electrons. The monoisotopic (exact) mass is 206 g/mol. The molecule has 0 aliphatic heterocycles. The summed E-state index contributed by atoms with van der Waals surface area (Å²) < 4.78 is 0. The fraction of sp³-hybridized carbons (Fsp3) is 0.417. The average Bonchev–Trinajstić information content (AvgIpc) is 2.88. The third-order valence-corrected chi connectivity index (χ3v) is 3.00. The molecule has 3 nitrogen and oxygen atoms in total. The minimum absolute atomic E-state index is 0.0111. The van der Waals surface area contributed by atoms with Crippen molar-refractivity contribution >= 4 is 5.97 Å². The zero-order valence-corrected chi connectivity index (χ0v) is 8.44. The van der Waals surface area contributed by atoms with Crippen LogP contribution in [0.25, 0.3) is 0 Å². The second-order valence-electron chi connectivity index (χ2n) is 4.41. The van der Waals surface area contributed by atoms with Gasteiger partial charge in [-0.3, -0.25) is 4.79 Å². The van der Waals surface area contributed by atoms with E-state index in [0.29, 0.717) is 0 Å². The predicted molar refractivity (Wildman–Crippen MR) is 55.7 cm³/mol. The van der Waals surface area contributed by atoms with Crippen molar-refractivity contribution in [1.29, 1.82) is 0 Å². The van der Waals surface area contributed by atoms with E-state index in [-0.39, 0.29) is 17.6 Å². The molecule has 1 aliphatic rings. The number of hydrogen-bond acceptors (Lipinski definition) is 2. The van der Waals surface area contributed by atoms with Crippen LogP contribution < -0.4 is 0 Å². The van der Waals surface area contributed by atoms with E-state index in [1.54, 1.807) is 12.1 Å². The Kier molecular flexibility index (Phi) is 2.39. The van der Waals surface area contributed by atoms with Gasteiger partial charge in [-0.2, -0.15) is 0 Å². The Morgan fingerprint density at radius 2 is 1.87 bits per heavy atom. The van der Waals surface area contributed by atoms with Gasteiger partial charge in [0.05, 0.1) is 6.42 Å². The first-order valence-electron chi connectivity index (χ1n) is 5.09. The summed E-state index contributed by atoms with van der Waals surface area (Å²) in [4.78, 5) is 10.7. The maximum atomic E-state index is 10.7. The number of carboxylic acids is 1. The van der Waals surface area contributed by atoms with E-state index in [4.69, 9.17) is 10.2 Å². The lowest BCUT2D eigenvalue weighted by atomic mass is 9.93. The number of carboxylic acid groups (broad SMARTS) is 1. The minimum atomic E-state index is -0.716. The standard InChI is InChI=1S/C12H14O3/c13-10-3-1-9(2-4-10)7-12(5-6-12)8-11(14)15/h1-4,13H,5-8H2,(H,14,15). The number of phenolic OH excluding ortho intramolecular Hbond substituents is 1. The summed E-state index contributed by atoms with van der Waals surface area (Å²) in [6, 6.07) is 7.01. The van der Waals surface area contributed by atoms with Crippen LogP contribution in [0.2, 0.25) is 0 Å². The Balaban J connectivity index is 2.02. The maximum Gasteiger partial charge on any atom is 0.303 e. The third-order valence-electron chi connectivity index (χ3n) is 3.00. The Labute approximate surface area is 88.4 Å². The first kappa shape index (κ1) is 10.0. The molecule has 0 radical (unpaired) electrons. The van der Waals surface area contributed by atoms with Gasteiger partial charge < -0.3 is 10.2 Å². The van der Waals surface area contributed by atoms with Crippen molar-refractivity contribution in [3.63, 3.8) is 0 Å². The van der Waals surface area contributed by atoms with Crippen LogP contribution in [0.4, 0.5) is 0 Å². The highest BCUT2D eigenvalue weighted by Crippen LogP contribution is 2.51. The smallest absolute Gasteiger partial charge is 0.303 e. The molecule has 0 saturated heterocycles. The van der Waals surface area contributed by atoms with Crippen LogP contribution in [0.3, 0.4) is 0 Å². The van der Waals surface area contributed by atoms with E-state index in [1.165, 1.54) is 0 Å². The van der Waals surface area contributed by atoms with E-state index < -0.39 is 5.97 Å². The fourth-order valence-corrected chi connectivity index (χ4v) is 1.96. The van der Waals surface area contributed by atoms with Crippen molar-refractivity contribution in [3.8, 4) is 5.75 Å². The van der Waals surface area contributed by atoms with Gasteiger partial charge in [0.15, 0.2) is 0 Å². The summed E-state index contributed by atoms with van der Waals surface area (Å²) in [5, 5.41) is 17.9. The highest BCUT2D eigenvalue weighted by atomic mass is 16.4. The van der Waals surface area contributed by atoms with E-state index in [9.17, 15) is 4.79 Å². The summed E-state index contributed by atoms with van der Waals surface area (Å²) in [7, 11) is 0. The summed E-state index contributed by atoms with van der Waals surface area (Å²) in [5.41, 5.74) is 1.09. The maximum absolute atomic E-state index is 10.7. The number of phenols is 1. The van der Waals surface area contributed by atoms with E-state index in [2.05, 4.69) is 0 Å². The highest BCUT2D eigenvalue weighted by molar-refractivity contribution is 5.68. The number of rotatable bonds is 4. The van der Waals surface area contributed by atoms with Crippen LogP contribution in [-0.2, 0) is 11.2 Å². The molecule has 0 amide bonds. The highest BCUT2D eigenvalue weighted by Gasteiger charge is 2.44. The minimum Gasteiger partial charge on any atom is -0.508 e. The van der Waals surface area contributed by atoms with Crippen LogP contribution in [0.15, 0.2) is 24.3 Å². The van der Waals surface area contributed by atoms with Crippen LogP contribution in [-0.4, -0.2) is 16.2 Å². The molecular weight excluding hydrogens is 192 g/mol. The number of aliphatic carboxylic acids is 1. The van der Waals surface area contributed by atoms with Crippen molar-refractivity contribution < 1.29 is 15.0 Å². The quantitative estimate of drug-likeness (QED) is 0.793. The topological polar surface area (TPSA) is 57.5 Å². The number of benzene rings is 1.